The molecule has 1 unspecified atom stereocenters. The Hall–Kier alpha value is -0.990. The number of H-pyrrole nitrogens is 1. The van der Waals surface area contributed by atoms with Gasteiger partial charge in [-0.05, 0) is 33.1 Å². The Balaban J connectivity index is 2.36. The van der Waals surface area contributed by atoms with Crippen molar-refractivity contribution in [2.24, 2.45) is 0 Å². The lowest BCUT2D eigenvalue weighted by molar-refractivity contribution is 0.341. The van der Waals surface area contributed by atoms with Crippen LogP contribution in [0.4, 0.5) is 0 Å². The van der Waals surface area contributed by atoms with E-state index in [9.17, 15) is 5.26 Å². The standard InChI is InChI=1S/C13H22N4S/c1-4-13(10-14,17-11(2)3)6-5-9-18-12-15-7-8-16-12/h7-8,11,17H,4-6,9H2,1-3H3,(H,15,16). The summed E-state index contributed by atoms with van der Waals surface area (Å²) in [6, 6.07) is 2.78. The molecule has 0 spiro atoms. The fraction of sp³-hybridized carbons (Fsp3) is 0.692. The molecule has 0 saturated carbocycles. The maximum Gasteiger partial charge on any atom is 0.165 e. The predicted molar refractivity (Wildman–Crippen MR) is 75.5 cm³/mol. The summed E-state index contributed by atoms with van der Waals surface area (Å²) < 4.78 is 0. The van der Waals surface area contributed by atoms with Crippen molar-refractivity contribution in [2.45, 2.75) is 56.8 Å². The minimum absolute atomic E-state index is 0.335. The highest BCUT2D eigenvalue weighted by Crippen LogP contribution is 2.21. The van der Waals surface area contributed by atoms with Crippen molar-refractivity contribution in [1.29, 1.82) is 5.26 Å². The lowest BCUT2D eigenvalue weighted by Crippen LogP contribution is -2.47. The fourth-order valence-corrected chi connectivity index (χ4v) is 2.71. The van der Waals surface area contributed by atoms with Gasteiger partial charge in [0.2, 0.25) is 0 Å². The number of aromatic amines is 1. The smallest absolute Gasteiger partial charge is 0.165 e. The number of aromatic nitrogens is 2. The van der Waals surface area contributed by atoms with Gasteiger partial charge in [-0.1, -0.05) is 18.7 Å². The minimum atomic E-state index is -0.377. The number of imidazole rings is 1. The molecule has 4 nitrogen and oxygen atoms in total. The summed E-state index contributed by atoms with van der Waals surface area (Å²) in [6.45, 7) is 6.23. The first-order valence-corrected chi connectivity index (χ1v) is 7.41. The van der Waals surface area contributed by atoms with Crippen LogP contribution in [0.1, 0.15) is 40.0 Å². The van der Waals surface area contributed by atoms with E-state index in [1.807, 2.05) is 6.20 Å². The number of nitriles is 1. The molecule has 2 N–H and O–H groups in total. The van der Waals surface area contributed by atoms with Crippen LogP contribution in [0.25, 0.3) is 0 Å². The first-order chi connectivity index (χ1) is 8.62. The number of nitrogens with one attached hydrogen (secondary N) is 2. The van der Waals surface area contributed by atoms with Crippen LogP contribution in [-0.2, 0) is 0 Å². The summed E-state index contributed by atoms with van der Waals surface area (Å²) in [5, 5.41) is 13.7. The number of rotatable bonds is 8. The molecule has 0 aliphatic carbocycles. The van der Waals surface area contributed by atoms with Gasteiger partial charge in [0, 0.05) is 24.2 Å². The van der Waals surface area contributed by atoms with Crippen LogP contribution in [0.2, 0.25) is 0 Å². The van der Waals surface area contributed by atoms with Crippen molar-refractivity contribution in [1.82, 2.24) is 15.3 Å². The normalized spacial score (nSPS) is 14.4. The Morgan fingerprint density at radius 1 is 1.61 bits per heavy atom. The van der Waals surface area contributed by atoms with Gasteiger partial charge in [-0.15, -0.1) is 0 Å². The molecule has 1 aromatic rings. The Labute approximate surface area is 114 Å². The van der Waals surface area contributed by atoms with Crippen LogP contribution >= 0.6 is 11.8 Å². The number of hydrogen-bond acceptors (Lipinski definition) is 4. The molecule has 1 heterocycles. The van der Waals surface area contributed by atoms with E-state index in [-0.39, 0.29) is 5.54 Å². The van der Waals surface area contributed by atoms with Crippen LogP contribution < -0.4 is 5.32 Å². The summed E-state index contributed by atoms with van der Waals surface area (Å²) >= 11 is 1.70. The zero-order chi connectivity index (χ0) is 13.4. The van der Waals surface area contributed by atoms with Gasteiger partial charge in [-0.25, -0.2) is 4.98 Å². The third kappa shape index (κ3) is 4.71. The molecule has 0 bridgehead atoms. The Morgan fingerprint density at radius 3 is 2.89 bits per heavy atom. The van der Waals surface area contributed by atoms with Gasteiger partial charge in [-0.3, -0.25) is 5.32 Å². The Bertz CT molecular complexity index is 369. The molecule has 0 fully saturated rings. The van der Waals surface area contributed by atoms with Gasteiger partial charge in [0.05, 0.1) is 6.07 Å². The van der Waals surface area contributed by atoms with E-state index in [4.69, 9.17) is 0 Å². The van der Waals surface area contributed by atoms with E-state index < -0.39 is 0 Å². The molecule has 5 heteroatoms. The predicted octanol–water partition coefficient (Wildman–Crippen LogP) is 2.95. The Morgan fingerprint density at radius 2 is 2.39 bits per heavy atom. The highest BCUT2D eigenvalue weighted by molar-refractivity contribution is 7.99. The van der Waals surface area contributed by atoms with E-state index in [0.717, 1.165) is 30.2 Å². The molecule has 0 saturated heterocycles. The summed E-state index contributed by atoms with van der Waals surface area (Å²) in [5.74, 6) is 0.983. The second kappa shape index (κ2) is 7.45. The molecular weight excluding hydrogens is 244 g/mol. The van der Waals surface area contributed by atoms with Crippen molar-refractivity contribution in [3.8, 4) is 6.07 Å². The van der Waals surface area contributed by atoms with Crippen molar-refractivity contribution in [3.63, 3.8) is 0 Å². The fourth-order valence-electron chi connectivity index (χ4n) is 1.94. The van der Waals surface area contributed by atoms with Gasteiger partial charge in [0.1, 0.15) is 5.54 Å². The lowest BCUT2D eigenvalue weighted by Gasteiger charge is -2.29. The van der Waals surface area contributed by atoms with E-state index in [0.29, 0.717) is 6.04 Å². The number of hydrogen-bond donors (Lipinski definition) is 2. The average molecular weight is 266 g/mol. The zero-order valence-corrected chi connectivity index (χ0v) is 12.2. The van der Waals surface area contributed by atoms with E-state index in [2.05, 4.69) is 42.1 Å². The third-order valence-electron chi connectivity index (χ3n) is 2.84. The van der Waals surface area contributed by atoms with Crippen molar-refractivity contribution in [2.75, 3.05) is 5.75 Å². The van der Waals surface area contributed by atoms with Crippen molar-refractivity contribution in [3.05, 3.63) is 12.4 Å². The minimum Gasteiger partial charge on any atom is -0.340 e. The summed E-state index contributed by atoms with van der Waals surface area (Å²) in [4.78, 5) is 7.23. The molecule has 0 aromatic carbocycles. The second-order valence-electron chi connectivity index (χ2n) is 4.69. The summed E-state index contributed by atoms with van der Waals surface area (Å²) in [5.41, 5.74) is -0.377. The summed E-state index contributed by atoms with van der Waals surface area (Å²) in [7, 11) is 0. The van der Waals surface area contributed by atoms with Crippen molar-refractivity contribution >= 4 is 11.8 Å². The van der Waals surface area contributed by atoms with E-state index in [1.165, 1.54) is 0 Å². The van der Waals surface area contributed by atoms with Crippen molar-refractivity contribution < 1.29 is 0 Å². The van der Waals surface area contributed by atoms with Crippen LogP contribution in [0.5, 0.6) is 0 Å². The monoisotopic (exact) mass is 266 g/mol. The maximum absolute atomic E-state index is 9.37. The third-order valence-corrected chi connectivity index (χ3v) is 3.83. The quantitative estimate of drug-likeness (QED) is 0.561. The van der Waals surface area contributed by atoms with Gasteiger partial charge in [-0.2, -0.15) is 5.26 Å². The van der Waals surface area contributed by atoms with Gasteiger partial charge < -0.3 is 4.98 Å². The molecule has 0 radical (unpaired) electrons. The molecule has 0 aliphatic rings. The molecule has 1 aromatic heterocycles. The van der Waals surface area contributed by atoms with Gasteiger partial charge in [0.25, 0.3) is 0 Å². The molecule has 1 rings (SSSR count). The maximum atomic E-state index is 9.37. The molecule has 1 atom stereocenters. The van der Waals surface area contributed by atoms with Crippen LogP contribution in [-0.4, -0.2) is 27.3 Å². The van der Waals surface area contributed by atoms with Crippen LogP contribution in [0.3, 0.4) is 0 Å². The molecule has 18 heavy (non-hydrogen) atoms. The van der Waals surface area contributed by atoms with Crippen LogP contribution in [0.15, 0.2) is 17.6 Å². The largest absolute Gasteiger partial charge is 0.340 e. The molecule has 0 aliphatic heterocycles. The highest BCUT2D eigenvalue weighted by atomic mass is 32.2. The molecule has 100 valence electrons. The number of nitrogens with zero attached hydrogens (tertiary/aromatic N) is 2. The lowest BCUT2D eigenvalue weighted by atomic mass is 9.91. The zero-order valence-electron chi connectivity index (χ0n) is 11.4. The van der Waals surface area contributed by atoms with Crippen LogP contribution in [0, 0.1) is 11.3 Å². The topological polar surface area (TPSA) is 64.5 Å². The Kier molecular flexibility index (Phi) is 6.23. The highest BCUT2D eigenvalue weighted by Gasteiger charge is 2.27. The first-order valence-electron chi connectivity index (χ1n) is 6.43. The second-order valence-corrected chi connectivity index (χ2v) is 5.78. The van der Waals surface area contributed by atoms with Gasteiger partial charge in [0.15, 0.2) is 5.16 Å². The van der Waals surface area contributed by atoms with E-state index in [1.54, 1.807) is 18.0 Å². The molecular formula is C13H22N4S. The summed E-state index contributed by atoms with van der Waals surface area (Å²) in [6.07, 6.45) is 6.31. The average Bonchev–Trinajstić information content (AvgIpc) is 2.85. The molecule has 0 amide bonds. The van der Waals surface area contributed by atoms with Gasteiger partial charge >= 0.3 is 0 Å². The number of thioether (sulfide) groups is 1. The SMILES string of the molecule is CCC(C#N)(CCCSc1ncc[nH]1)NC(C)C. The first kappa shape index (κ1) is 15.1. The van der Waals surface area contributed by atoms with E-state index >= 15 is 0 Å².